The van der Waals surface area contributed by atoms with E-state index in [4.69, 9.17) is 11.6 Å². The van der Waals surface area contributed by atoms with Gasteiger partial charge in [-0.1, -0.05) is 23.7 Å². The van der Waals surface area contributed by atoms with Gasteiger partial charge in [0.25, 0.3) is 0 Å². The highest BCUT2D eigenvalue weighted by Gasteiger charge is 2.23. The first-order valence-corrected chi connectivity index (χ1v) is 4.89. The number of rotatable bonds is 1. The second-order valence-electron chi connectivity index (χ2n) is 3.31. The maximum atomic E-state index is 6.02. The molecule has 1 aromatic heterocycles. The van der Waals surface area contributed by atoms with Gasteiger partial charge in [-0.15, -0.1) is 0 Å². The van der Waals surface area contributed by atoms with E-state index in [2.05, 4.69) is 14.9 Å². The molecule has 0 aliphatic carbocycles. The van der Waals surface area contributed by atoms with Crippen LogP contribution >= 0.6 is 11.6 Å². The molecule has 1 aliphatic heterocycles. The first-order valence-electron chi connectivity index (χ1n) is 4.52. The fourth-order valence-corrected chi connectivity index (χ4v) is 1.69. The molecule has 2 aromatic rings. The maximum absolute atomic E-state index is 6.02. The van der Waals surface area contributed by atoms with Crippen LogP contribution in [-0.4, -0.2) is 23.1 Å². The van der Waals surface area contributed by atoms with Gasteiger partial charge >= 0.3 is 0 Å². The zero-order valence-corrected chi connectivity index (χ0v) is 8.20. The summed E-state index contributed by atoms with van der Waals surface area (Å²) in [4.78, 5) is 10.9. The van der Waals surface area contributed by atoms with Crippen LogP contribution in [0.3, 0.4) is 0 Å². The van der Waals surface area contributed by atoms with E-state index in [0.29, 0.717) is 5.15 Å². The summed E-state index contributed by atoms with van der Waals surface area (Å²) in [6.45, 7) is 2.07. The summed E-state index contributed by atoms with van der Waals surface area (Å²) in [6, 6.07) is 7.76. The highest BCUT2D eigenvalue weighted by molar-refractivity contribution is 6.32. The van der Waals surface area contributed by atoms with Crippen molar-refractivity contribution in [1.29, 1.82) is 0 Å². The third-order valence-electron chi connectivity index (χ3n) is 2.26. The van der Waals surface area contributed by atoms with Crippen LogP contribution in [0.5, 0.6) is 0 Å². The molecule has 4 heteroatoms. The van der Waals surface area contributed by atoms with Gasteiger partial charge in [0.15, 0.2) is 11.0 Å². The molecule has 1 fully saturated rings. The minimum Gasteiger partial charge on any atom is -0.350 e. The number of hydrogen-bond donors (Lipinski definition) is 0. The number of hydrogen-bond acceptors (Lipinski definition) is 3. The van der Waals surface area contributed by atoms with Crippen molar-refractivity contribution in [1.82, 2.24) is 9.97 Å². The lowest BCUT2D eigenvalue weighted by molar-refractivity contribution is 1.21. The number of benzene rings is 1. The van der Waals surface area contributed by atoms with E-state index in [1.807, 2.05) is 24.3 Å². The van der Waals surface area contributed by atoms with Crippen molar-refractivity contribution >= 4 is 28.5 Å². The topological polar surface area (TPSA) is 28.8 Å². The predicted octanol–water partition coefficient (Wildman–Crippen LogP) is 2.10. The Morgan fingerprint density at radius 3 is 2.36 bits per heavy atom. The van der Waals surface area contributed by atoms with Crippen molar-refractivity contribution in [2.24, 2.45) is 0 Å². The highest BCUT2D eigenvalue weighted by atomic mass is 35.5. The molecule has 0 spiro atoms. The van der Waals surface area contributed by atoms with Crippen LogP contribution in [0.15, 0.2) is 24.3 Å². The molecule has 3 rings (SSSR count). The Morgan fingerprint density at radius 2 is 1.71 bits per heavy atom. The van der Waals surface area contributed by atoms with Crippen LogP contribution in [0.2, 0.25) is 5.15 Å². The average Bonchev–Trinajstić information content (AvgIpc) is 3.00. The smallest absolute Gasteiger partial charge is 0.172 e. The standard InChI is InChI=1S/C10H8ClN3/c11-9-10(14-5-6-14)13-8-4-2-1-3-7(8)12-9/h1-4H,5-6H2. The Labute approximate surface area is 86.3 Å². The number of anilines is 1. The Kier molecular flexibility index (Phi) is 1.61. The van der Waals surface area contributed by atoms with Crippen LogP contribution < -0.4 is 4.90 Å². The molecule has 1 aromatic carbocycles. The average molecular weight is 206 g/mol. The van der Waals surface area contributed by atoms with Crippen LogP contribution in [0.25, 0.3) is 11.0 Å². The van der Waals surface area contributed by atoms with Crippen molar-refractivity contribution in [3.63, 3.8) is 0 Å². The molecule has 0 amide bonds. The zero-order chi connectivity index (χ0) is 9.54. The van der Waals surface area contributed by atoms with Crippen LogP contribution in [0.4, 0.5) is 5.82 Å². The Hall–Kier alpha value is -1.35. The summed E-state index contributed by atoms with van der Waals surface area (Å²) in [6.07, 6.45) is 0. The van der Waals surface area contributed by atoms with E-state index >= 15 is 0 Å². The number of aromatic nitrogens is 2. The van der Waals surface area contributed by atoms with Gasteiger partial charge in [0.1, 0.15) is 0 Å². The lowest BCUT2D eigenvalue weighted by Crippen LogP contribution is -1.98. The van der Waals surface area contributed by atoms with Crippen molar-refractivity contribution in [3.05, 3.63) is 29.4 Å². The quantitative estimate of drug-likeness (QED) is 0.668. The van der Waals surface area contributed by atoms with Gasteiger partial charge in [0.05, 0.1) is 11.0 Å². The zero-order valence-electron chi connectivity index (χ0n) is 7.44. The Morgan fingerprint density at radius 1 is 1.07 bits per heavy atom. The first kappa shape index (κ1) is 8.00. The largest absolute Gasteiger partial charge is 0.350 e. The summed E-state index contributed by atoms with van der Waals surface area (Å²) in [5, 5.41) is 0.501. The minimum absolute atomic E-state index is 0.501. The lowest BCUT2D eigenvalue weighted by Gasteiger charge is -2.04. The lowest BCUT2D eigenvalue weighted by atomic mass is 10.3. The van der Waals surface area contributed by atoms with Gasteiger partial charge in [-0.2, -0.15) is 0 Å². The van der Waals surface area contributed by atoms with E-state index in [0.717, 1.165) is 29.9 Å². The molecule has 70 valence electrons. The number of nitrogens with zero attached hydrogens (tertiary/aromatic N) is 3. The minimum atomic E-state index is 0.501. The van der Waals surface area contributed by atoms with Crippen LogP contribution in [-0.2, 0) is 0 Å². The number of fused-ring (bicyclic) bond motifs is 1. The van der Waals surface area contributed by atoms with Gasteiger partial charge < -0.3 is 4.90 Å². The van der Waals surface area contributed by atoms with Crippen LogP contribution in [0, 0.1) is 0 Å². The molecular weight excluding hydrogens is 198 g/mol. The van der Waals surface area contributed by atoms with Gasteiger partial charge in [0.2, 0.25) is 0 Å². The molecule has 0 N–H and O–H groups in total. The van der Waals surface area contributed by atoms with Crippen molar-refractivity contribution < 1.29 is 0 Å². The monoisotopic (exact) mass is 205 g/mol. The van der Waals surface area contributed by atoms with E-state index in [1.54, 1.807) is 0 Å². The predicted molar refractivity (Wildman–Crippen MR) is 56.8 cm³/mol. The summed E-state index contributed by atoms with van der Waals surface area (Å²) >= 11 is 6.02. The molecule has 0 saturated carbocycles. The SMILES string of the molecule is Clc1nc2ccccc2nc1N1CC1. The fraction of sp³-hybridized carbons (Fsp3) is 0.200. The molecule has 0 radical (unpaired) electrons. The molecule has 1 aliphatic rings. The molecule has 1 saturated heterocycles. The van der Waals surface area contributed by atoms with Gasteiger partial charge in [-0.3, -0.25) is 0 Å². The summed E-state index contributed by atoms with van der Waals surface area (Å²) in [5.41, 5.74) is 1.75. The number of para-hydroxylation sites is 2. The summed E-state index contributed by atoms with van der Waals surface area (Å²) in [5.74, 6) is 0.811. The van der Waals surface area contributed by atoms with E-state index in [9.17, 15) is 0 Å². The normalized spacial score (nSPS) is 14.8. The summed E-state index contributed by atoms with van der Waals surface area (Å²) in [7, 11) is 0. The van der Waals surface area contributed by atoms with E-state index in [-0.39, 0.29) is 0 Å². The highest BCUT2D eigenvalue weighted by Crippen LogP contribution is 2.27. The molecule has 0 unspecified atom stereocenters. The molecule has 3 nitrogen and oxygen atoms in total. The molecule has 0 bridgehead atoms. The molecule has 2 heterocycles. The van der Waals surface area contributed by atoms with E-state index in [1.165, 1.54) is 0 Å². The van der Waals surface area contributed by atoms with Crippen molar-refractivity contribution in [2.75, 3.05) is 18.0 Å². The van der Waals surface area contributed by atoms with Crippen molar-refractivity contribution in [2.45, 2.75) is 0 Å². The molecule has 0 atom stereocenters. The van der Waals surface area contributed by atoms with Gasteiger partial charge in [0, 0.05) is 13.1 Å². The first-order chi connectivity index (χ1) is 6.84. The second-order valence-corrected chi connectivity index (χ2v) is 3.67. The van der Waals surface area contributed by atoms with Gasteiger partial charge in [-0.05, 0) is 12.1 Å². The second kappa shape index (κ2) is 2.82. The number of halogens is 1. The fourth-order valence-electron chi connectivity index (χ4n) is 1.43. The van der Waals surface area contributed by atoms with Crippen molar-refractivity contribution in [3.8, 4) is 0 Å². The van der Waals surface area contributed by atoms with Crippen LogP contribution in [0.1, 0.15) is 0 Å². The Bertz CT molecular complexity index is 494. The maximum Gasteiger partial charge on any atom is 0.172 e. The third kappa shape index (κ3) is 1.21. The van der Waals surface area contributed by atoms with Gasteiger partial charge in [-0.25, -0.2) is 9.97 Å². The third-order valence-corrected chi connectivity index (χ3v) is 2.51. The molecule has 14 heavy (non-hydrogen) atoms. The van der Waals surface area contributed by atoms with E-state index < -0.39 is 0 Å². The Balaban J connectivity index is 2.26. The molecular formula is C10H8ClN3. The summed E-state index contributed by atoms with van der Waals surface area (Å²) < 4.78 is 0.